The molecular weight excluding hydrogens is 224 g/mol. The average Bonchev–Trinajstić information content (AvgIpc) is 2.94. The fourth-order valence-electron chi connectivity index (χ4n) is 1.23. The third-order valence-corrected chi connectivity index (χ3v) is 2.03. The van der Waals surface area contributed by atoms with Gasteiger partial charge < -0.3 is 13.9 Å². The molecule has 0 fully saturated rings. The molecular formula is C11H10N2O4. The zero-order valence-electron chi connectivity index (χ0n) is 9.08. The van der Waals surface area contributed by atoms with Gasteiger partial charge in [0.1, 0.15) is 5.76 Å². The lowest BCUT2D eigenvalue weighted by molar-refractivity contribution is -0.131. The second-order valence-corrected chi connectivity index (χ2v) is 3.24. The number of aliphatic carboxylic acids is 1. The van der Waals surface area contributed by atoms with Gasteiger partial charge in [-0.2, -0.15) is 0 Å². The van der Waals surface area contributed by atoms with Crippen LogP contribution in [0.4, 0.5) is 0 Å². The summed E-state index contributed by atoms with van der Waals surface area (Å²) in [4.78, 5) is 10.3. The molecule has 0 saturated heterocycles. The van der Waals surface area contributed by atoms with Crippen molar-refractivity contribution >= 4 is 12.0 Å². The van der Waals surface area contributed by atoms with Crippen LogP contribution in [0.5, 0.6) is 0 Å². The first-order valence-electron chi connectivity index (χ1n) is 5.02. The van der Waals surface area contributed by atoms with Crippen LogP contribution in [-0.4, -0.2) is 21.3 Å². The molecule has 0 saturated carbocycles. The van der Waals surface area contributed by atoms with Gasteiger partial charge in [-0.15, -0.1) is 10.2 Å². The number of furan rings is 1. The molecule has 2 heterocycles. The van der Waals surface area contributed by atoms with Crippen LogP contribution in [0, 0.1) is 0 Å². The lowest BCUT2D eigenvalue weighted by Gasteiger charge is -1.87. The number of carboxylic acid groups (broad SMARTS) is 1. The van der Waals surface area contributed by atoms with Gasteiger partial charge in [-0.05, 0) is 12.1 Å². The van der Waals surface area contributed by atoms with E-state index in [0.717, 1.165) is 18.3 Å². The van der Waals surface area contributed by atoms with Gasteiger partial charge in [0.15, 0.2) is 5.76 Å². The van der Waals surface area contributed by atoms with Crippen LogP contribution in [0.3, 0.4) is 0 Å². The van der Waals surface area contributed by atoms with Gasteiger partial charge in [0, 0.05) is 18.6 Å². The molecule has 0 aliphatic carbocycles. The third kappa shape index (κ3) is 2.60. The number of nitrogens with zero attached hydrogens (tertiary/aromatic N) is 2. The smallest absolute Gasteiger partial charge is 0.328 e. The van der Waals surface area contributed by atoms with Crippen LogP contribution in [0.25, 0.3) is 17.7 Å². The molecule has 2 aromatic heterocycles. The second kappa shape index (κ2) is 4.65. The first-order valence-corrected chi connectivity index (χ1v) is 5.02. The quantitative estimate of drug-likeness (QED) is 0.813. The Bertz CT molecular complexity index is 553. The number of carboxylic acids is 1. The largest absolute Gasteiger partial charge is 0.478 e. The summed E-state index contributed by atoms with van der Waals surface area (Å²) >= 11 is 0. The molecule has 2 rings (SSSR count). The normalized spacial score (nSPS) is 11.1. The monoisotopic (exact) mass is 234 g/mol. The molecule has 0 bridgehead atoms. The van der Waals surface area contributed by atoms with Crippen LogP contribution in [-0.2, 0) is 11.2 Å². The zero-order valence-corrected chi connectivity index (χ0v) is 9.08. The number of aryl methyl sites for hydroxylation is 1. The zero-order chi connectivity index (χ0) is 12.3. The molecule has 6 nitrogen and oxygen atoms in total. The van der Waals surface area contributed by atoms with Crippen molar-refractivity contribution < 1.29 is 18.7 Å². The minimum absolute atomic E-state index is 0.122. The van der Waals surface area contributed by atoms with E-state index in [-0.39, 0.29) is 11.8 Å². The van der Waals surface area contributed by atoms with Crippen LogP contribution < -0.4 is 0 Å². The van der Waals surface area contributed by atoms with Crippen molar-refractivity contribution in [2.75, 3.05) is 0 Å². The summed E-state index contributed by atoms with van der Waals surface area (Å²) in [5, 5.41) is 15.9. The maximum absolute atomic E-state index is 10.3. The first-order chi connectivity index (χ1) is 8.19. The van der Waals surface area contributed by atoms with Gasteiger partial charge in [0.2, 0.25) is 5.89 Å². The number of hydrogen-bond acceptors (Lipinski definition) is 5. The molecule has 0 radical (unpaired) electrons. The van der Waals surface area contributed by atoms with E-state index in [1.54, 1.807) is 6.07 Å². The van der Waals surface area contributed by atoms with Crippen molar-refractivity contribution in [2.24, 2.45) is 0 Å². The molecule has 6 heteroatoms. The van der Waals surface area contributed by atoms with E-state index in [2.05, 4.69) is 10.2 Å². The molecule has 0 aliphatic heterocycles. The predicted octanol–water partition coefficient (Wildman–Crippen LogP) is 1.99. The predicted molar refractivity (Wildman–Crippen MR) is 58.0 cm³/mol. The van der Waals surface area contributed by atoms with Crippen LogP contribution in [0.2, 0.25) is 0 Å². The molecule has 0 atom stereocenters. The van der Waals surface area contributed by atoms with E-state index < -0.39 is 5.97 Å². The van der Waals surface area contributed by atoms with E-state index in [0.29, 0.717) is 5.76 Å². The minimum atomic E-state index is -1.07. The number of carbonyl (C=O) groups is 1. The van der Waals surface area contributed by atoms with Gasteiger partial charge in [0.05, 0.1) is 0 Å². The Morgan fingerprint density at radius 3 is 2.88 bits per heavy atom. The van der Waals surface area contributed by atoms with Gasteiger partial charge in [-0.1, -0.05) is 6.92 Å². The first kappa shape index (κ1) is 11.1. The molecule has 17 heavy (non-hydrogen) atoms. The molecule has 1 N–H and O–H groups in total. The maximum atomic E-state index is 10.3. The lowest BCUT2D eigenvalue weighted by atomic mass is 10.3. The number of rotatable bonds is 4. The van der Waals surface area contributed by atoms with Crippen molar-refractivity contribution in [3.8, 4) is 11.7 Å². The van der Waals surface area contributed by atoms with Crippen LogP contribution in [0.1, 0.15) is 18.6 Å². The molecule has 0 spiro atoms. The molecule has 0 amide bonds. The standard InChI is InChI=1S/C11H10N2O4/c1-2-7-3-4-8(16-7)11-13-12-9(17-11)5-6-10(14)15/h3-6H,2H2,1H3,(H,14,15)/b6-5+. The highest BCUT2D eigenvalue weighted by Gasteiger charge is 2.11. The number of aromatic nitrogens is 2. The van der Waals surface area contributed by atoms with E-state index in [9.17, 15) is 4.79 Å². The highest BCUT2D eigenvalue weighted by atomic mass is 16.4. The Labute approximate surface area is 96.6 Å². The average molecular weight is 234 g/mol. The number of hydrogen-bond donors (Lipinski definition) is 1. The molecule has 0 aliphatic rings. The second-order valence-electron chi connectivity index (χ2n) is 3.24. The van der Waals surface area contributed by atoms with Crippen molar-refractivity contribution in [2.45, 2.75) is 13.3 Å². The summed E-state index contributed by atoms with van der Waals surface area (Å²) in [6, 6.07) is 3.56. The third-order valence-electron chi connectivity index (χ3n) is 2.03. The SMILES string of the molecule is CCc1ccc(-c2nnc(/C=C/C(=O)O)o2)o1. The van der Waals surface area contributed by atoms with Crippen molar-refractivity contribution in [1.82, 2.24) is 10.2 Å². The van der Waals surface area contributed by atoms with E-state index >= 15 is 0 Å². The summed E-state index contributed by atoms with van der Waals surface area (Å²) in [5.41, 5.74) is 0. The topological polar surface area (TPSA) is 89.4 Å². The van der Waals surface area contributed by atoms with E-state index in [4.69, 9.17) is 13.9 Å². The van der Waals surface area contributed by atoms with Crippen molar-refractivity contribution in [3.63, 3.8) is 0 Å². The van der Waals surface area contributed by atoms with Crippen molar-refractivity contribution in [3.05, 3.63) is 29.9 Å². The Hall–Kier alpha value is -2.37. The molecule has 2 aromatic rings. The summed E-state index contributed by atoms with van der Waals surface area (Å²) in [6.45, 7) is 1.97. The Kier molecular flexibility index (Phi) is 3.04. The fourth-order valence-corrected chi connectivity index (χ4v) is 1.23. The Morgan fingerprint density at radius 1 is 1.41 bits per heavy atom. The van der Waals surface area contributed by atoms with Gasteiger partial charge in [-0.25, -0.2) is 4.79 Å². The van der Waals surface area contributed by atoms with Gasteiger partial charge in [0.25, 0.3) is 5.89 Å². The highest BCUT2D eigenvalue weighted by molar-refractivity contribution is 5.84. The molecule has 0 unspecified atom stereocenters. The summed E-state index contributed by atoms with van der Waals surface area (Å²) in [7, 11) is 0. The van der Waals surface area contributed by atoms with E-state index in [1.165, 1.54) is 6.08 Å². The van der Waals surface area contributed by atoms with Crippen LogP contribution in [0.15, 0.2) is 27.0 Å². The summed E-state index contributed by atoms with van der Waals surface area (Å²) < 4.78 is 10.6. The van der Waals surface area contributed by atoms with Gasteiger partial charge in [-0.3, -0.25) is 0 Å². The highest BCUT2D eigenvalue weighted by Crippen LogP contribution is 2.21. The van der Waals surface area contributed by atoms with Crippen LogP contribution >= 0.6 is 0 Å². The molecule has 0 aromatic carbocycles. The fraction of sp³-hybridized carbons (Fsp3) is 0.182. The minimum Gasteiger partial charge on any atom is -0.478 e. The Morgan fingerprint density at radius 2 is 2.24 bits per heavy atom. The maximum Gasteiger partial charge on any atom is 0.328 e. The van der Waals surface area contributed by atoms with Gasteiger partial charge >= 0.3 is 5.97 Å². The lowest BCUT2D eigenvalue weighted by Crippen LogP contribution is -1.85. The van der Waals surface area contributed by atoms with E-state index in [1.807, 2.05) is 13.0 Å². The summed E-state index contributed by atoms with van der Waals surface area (Å²) in [6.07, 6.45) is 2.93. The Balaban J connectivity index is 2.20. The summed E-state index contributed by atoms with van der Waals surface area (Å²) in [5.74, 6) is 0.577. The van der Waals surface area contributed by atoms with Crippen molar-refractivity contribution in [1.29, 1.82) is 0 Å². The molecule has 88 valence electrons.